The first kappa shape index (κ1) is 14.0. The fraction of sp³-hybridized carbons (Fsp3) is 0.385. The summed E-state index contributed by atoms with van der Waals surface area (Å²) >= 11 is 0. The van der Waals surface area contributed by atoms with Gasteiger partial charge in [0.05, 0.1) is 18.4 Å². The molecule has 2 heterocycles. The van der Waals surface area contributed by atoms with E-state index in [-0.39, 0.29) is 5.92 Å². The third-order valence-corrected chi connectivity index (χ3v) is 2.78. The average Bonchev–Trinajstić information content (AvgIpc) is 2.87. The van der Waals surface area contributed by atoms with Crippen molar-refractivity contribution in [1.82, 2.24) is 19.7 Å². The predicted molar refractivity (Wildman–Crippen MR) is 73.6 cm³/mol. The minimum Gasteiger partial charge on any atom is -0.462 e. The molecule has 2 aromatic rings. The highest BCUT2D eigenvalue weighted by atomic mass is 16.5. The van der Waals surface area contributed by atoms with E-state index in [4.69, 9.17) is 10.5 Å². The Kier molecular flexibility index (Phi) is 3.97. The Hall–Kier alpha value is -2.44. The summed E-state index contributed by atoms with van der Waals surface area (Å²) in [5, 5.41) is 4.14. The molecule has 0 amide bonds. The molecule has 0 saturated heterocycles. The Morgan fingerprint density at radius 2 is 2.20 bits per heavy atom. The lowest BCUT2D eigenvalue weighted by Crippen LogP contribution is -2.09. The summed E-state index contributed by atoms with van der Waals surface area (Å²) in [4.78, 5) is 19.8. The van der Waals surface area contributed by atoms with Crippen LogP contribution in [0, 0.1) is 0 Å². The highest BCUT2D eigenvalue weighted by Crippen LogP contribution is 2.25. The third-order valence-electron chi connectivity index (χ3n) is 2.78. The van der Waals surface area contributed by atoms with E-state index < -0.39 is 5.97 Å². The second-order valence-corrected chi connectivity index (χ2v) is 4.54. The van der Waals surface area contributed by atoms with Crippen LogP contribution in [-0.2, 0) is 4.74 Å². The fourth-order valence-corrected chi connectivity index (χ4v) is 1.89. The van der Waals surface area contributed by atoms with E-state index in [0.717, 1.165) is 5.56 Å². The number of esters is 1. The molecule has 0 radical (unpaired) electrons. The summed E-state index contributed by atoms with van der Waals surface area (Å²) in [6.07, 6.45) is 4.40. The van der Waals surface area contributed by atoms with Crippen molar-refractivity contribution in [2.24, 2.45) is 0 Å². The maximum atomic E-state index is 11.6. The van der Waals surface area contributed by atoms with Gasteiger partial charge in [-0.3, -0.25) is 0 Å². The molecule has 2 aromatic heterocycles. The zero-order valence-corrected chi connectivity index (χ0v) is 11.7. The molecule has 20 heavy (non-hydrogen) atoms. The molecule has 0 bridgehead atoms. The maximum absolute atomic E-state index is 11.6. The summed E-state index contributed by atoms with van der Waals surface area (Å²) in [7, 11) is 0. The van der Waals surface area contributed by atoms with Gasteiger partial charge >= 0.3 is 5.97 Å². The van der Waals surface area contributed by atoms with E-state index in [2.05, 4.69) is 15.1 Å². The smallest absolute Gasteiger partial charge is 0.341 e. The van der Waals surface area contributed by atoms with Gasteiger partial charge in [0, 0.05) is 11.8 Å². The molecule has 0 atom stereocenters. The fourth-order valence-electron chi connectivity index (χ4n) is 1.89. The highest BCUT2D eigenvalue weighted by Gasteiger charge is 2.17. The number of nitrogens with zero attached hydrogens (tertiary/aromatic N) is 4. The second-order valence-electron chi connectivity index (χ2n) is 4.54. The molecule has 7 heteroatoms. The van der Waals surface area contributed by atoms with Gasteiger partial charge in [0.1, 0.15) is 12.1 Å². The molecule has 0 aliphatic heterocycles. The molecule has 7 nitrogen and oxygen atoms in total. The monoisotopic (exact) mass is 275 g/mol. The molecular weight excluding hydrogens is 258 g/mol. The van der Waals surface area contributed by atoms with Crippen molar-refractivity contribution in [3.8, 4) is 5.82 Å². The Bertz CT molecular complexity index is 621. The van der Waals surface area contributed by atoms with Gasteiger partial charge < -0.3 is 10.5 Å². The lowest BCUT2D eigenvalue weighted by molar-refractivity contribution is 0.0526. The van der Waals surface area contributed by atoms with Crippen molar-refractivity contribution >= 4 is 11.8 Å². The van der Waals surface area contributed by atoms with Gasteiger partial charge in [-0.05, 0) is 12.8 Å². The average molecular weight is 275 g/mol. The summed E-state index contributed by atoms with van der Waals surface area (Å²) in [5.41, 5.74) is 7.06. The topological polar surface area (TPSA) is 95.9 Å². The third kappa shape index (κ3) is 2.61. The van der Waals surface area contributed by atoms with Crippen molar-refractivity contribution in [2.45, 2.75) is 26.7 Å². The summed E-state index contributed by atoms with van der Waals surface area (Å²) in [5.74, 6) is 0.717. The predicted octanol–water partition coefficient (Wildman–Crippen LogP) is 1.54. The quantitative estimate of drug-likeness (QED) is 0.850. The normalized spacial score (nSPS) is 10.8. The minimum absolute atomic E-state index is 0.140. The number of ether oxygens (including phenoxy) is 1. The Morgan fingerprint density at radius 1 is 1.45 bits per heavy atom. The molecule has 0 aliphatic rings. The largest absolute Gasteiger partial charge is 0.462 e. The second kappa shape index (κ2) is 5.68. The van der Waals surface area contributed by atoms with E-state index in [1.54, 1.807) is 13.1 Å². The minimum atomic E-state index is -0.410. The number of aromatic nitrogens is 4. The summed E-state index contributed by atoms with van der Waals surface area (Å²) in [6, 6.07) is 0. The number of carbonyl (C=O) groups excluding carboxylic acids is 1. The zero-order chi connectivity index (χ0) is 14.7. The molecule has 0 aliphatic carbocycles. The number of nitrogens with two attached hydrogens (primary N) is 1. The first-order chi connectivity index (χ1) is 9.54. The molecule has 0 fully saturated rings. The number of carbonyl (C=O) groups is 1. The van der Waals surface area contributed by atoms with Crippen LogP contribution in [0.15, 0.2) is 18.7 Å². The van der Waals surface area contributed by atoms with Gasteiger partial charge in [0.2, 0.25) is 0 Å². The SMILES string of the molecule is CCOC(=O)c1cnn(-c2ncnc(N)c2C(C)C)c1. The van der Waals surface area contributed by atoms with Crippen molar-refractivity contribution in [2.75, 3.05) is 12.3 Å². The Labute approximate surface area is 116 Å². The number of hydrogen-bond acceptors (Lipinski definition) is 6. The number of nitrogen functional groups attached to an aromatic ring is 1. The molecule has 0 aromatic carbocycles. The van der Waals surface area contributed by atoms with Crippen LogP contribution in [0.3, 0.4) is 0 Å². The molecule has 0 unspecified atom stereocenters. The first-order valence-corrected chi connectivity index (χ1v) is 6.37. The van der Waals surface area contributed by atoms with E-state index in [0.29, 0.717) is 23.8 Å². The van der Waals surface area contributed by atoms with E-state index in [9.17, 15) is 4.79 Å². The molecule has 2 rings (SSSR count). The van der Waals surface area contributed by atoms with Gasteiger partial charge in [0.15, 0.2) is 5.82 Å². The van der Waals surface area contributed by atoms with Crippen molar-refractivity contribution in [3.63, 3.8) is 0 Å². The highest BCUT2D eigenvalue weighted by molar-refractivity contribution is 5.88. The van der Waals surface area contributed by atoms with Crippen LogP contribution < -0.4 is 5.73 Å². The van der Waals surface area contributed by atoms with Crippen LogP contribution in [0.1, 0.15) is 42.6 Å². The Balaban J connectivity index is 2.43. The first-order valence-electron chi connectivity index (χ1n) is 6.37. The van der Waals surface area contributed by atoms with Crippen molar-refractivity contribution in [1.29, 1.82) is 0 Å². The lowest BCUT2D eigenvalue weighted by Gasteiger charge is -2.12. The standard InChI is InChI=1S/C13H17N5O2/c1-4-20-13(19)9-5-17-18(6-9)12-10(8(2)3)11(14)15-7-16-12/h5-8H,4H2,1-3H3,(H2,14,15,16). The van der Waals surface area contributed by atoms with E-state index in [1.165, 1.54) is 17.2 Å². The van der Waals surface area contributed by atoms with Crippen LogP contribution in [0.5, 0.6) is 0 Å². The van der Waals surface area contributed by atoms with Crippen LogP contribution in [0.4, 0.5) is 5.82 Å². The van der Waals surface area contributed by atoms with Crippen LogP contribution in [0.2, 0.25) is 0 Å². The molecule has 0 saturated carbocycles. The van der Waals surface area contributed by atoms with Crippen molar-refractivity contribution in [3.05, 3.63) is 29.8 Å². The van der Waals surface area contributed by atoms with Crippen LogP contribution in [0.25, 0.3) is 5.82 Å². The molecule has 0 spiro atoms. The van der Waals surface area contributed by atoms with Gasteiger partial charge in [-0.15, -0.1) is 0 Å². The molecule has 106 valence electrons. The summed E-state index contributed by atoms with van der Waals surface area (Å²) < 4.78 is 6.44. The van der Waals surface area contributed by atoms with Gasteiger partial charge in [0.25, 0.3) is 0 Å². The zero-order valence-electron chi connectivity index (χ0n) is 11.7. The summed E-state index contributed by atoms with van der Waals surface area (Å²) in [6.45, 7) is 6.06. The number of hydrogen-bond donors (Lipinski definition) is 1. The van der Waals surface area contributed by atoms with Crippen molar-refractivity contribution < 1.29 is 9.53 Å². The van der Waals surface area contributed by atoms with Gasteiger partial charge in [-0.2, -0.15) is 5.10 Å². The van der Waals surface area contributed by atoms with E-state index in [1.807, 2.05) is 13.8 Å². The lowest BCUT2D eigenvalue weighted by atomic mass is 10.1. The van der Waals surface area contributed by atoms with Gasteiger partial charge in [-0.1, -0.05) is 13.8 Å². The number of rotatable bonds is 4. The van der Waals surface area contributed by atoms with Gasteiger partial charge in [-0.25, -0.2) is 19.4 Å². The van der Waals surface area contributed by atoms with E-state index >= 15 is 0 Å². The number of anilines is 1. The molecule has 2 N–H and O–H groups in total. The maximum Gasteiger partial charge on any atom is 0.341 e. The molecular formula is C13H17N5O2. The van der Waals surface area contributed by atoms with Crippen LogP contribution >= 0.6 is 0 Å². The van der Waals surface area contributed by atoms with Crippen LogP contribution in [-0.4, -0.2) is 32.3 Å². The Morgan fingerprint density at radius 3 is 2.85 bits per heavy atom.